The van der Waals surface area contributed by atoms with E-state index >= 15 is 0 Å². The van der Waals surface area contributed by atoms with Crippen molar-refractivity contribution in [2.45, 2.75) is 26.8 Å². The zero-order valence-corrected chi connectivity index (χ0v) is 11.0. The van der Waals surface area contributed by atoms with Gasteiger partial charge in [-0.2, -0.15) is 10.4 Å². The molecule has 2 aromatic heterocycles. The molecule has 1 N–H and O–H groups in total. The smallest absolute Gasteiger partial charge is 0.167 e. The second-order valence-electron chi connectivity index (χ2n) is 4.22. The Bertz CT molecular complexity index is 617. The number of hydrogen-bond donors (Lipinski definition) is 1. The molecule has 2 heterocycles. The van der Waals surface area contributed by atoms with Crippen LogP contribution in [0.2, 0.25) is 0 Å². The average Bonchev–Trinajstić information content (AvgIpc) is 2.44. The molecule has 6 heteroatoms. The monoisotopic (exact) mass is 254 g/mol. The van der Waals surface area contributed by atoms with Crippen LogP contribution in [0.15, 0.2) is 18.5 Å². The number of nitrogens with zero attached hydrogens (tertiary/aromatic N) is 5. The molecular formula is C13H14N6. The third-order valence-electron chi connectivity index (χ3n) is 2.89. The molecule has 0 bridgehead atoms. The van der Waals surface area contributed by atoms with Crippen LogP contribution in [0.5, 0.6) is 0 Å². The molecule has 2 rings (SSSR count). The summed E-state index contributed by atoms with van der Waals surface area (Å²) < 4.78 is 0. The molecule has 0 radical (unpaired) electrons. The number of nitrogens with one attached hydrogen (secondary N) is 1. The van der Waals surface area contributed by atoms with Crippen molar-refractivity contribution in [2.24, 2.45) is 0 Å². The summed E-state index contributed by atoms with van der Waals surface area (Å²) in [6.07, 6.45) is 3.36. The number of aromatic nitrogens is 4. The van der Waals surface area contributed by atoms with Crippen LogP contribution < -0.4 is 5.32 Å². The molecule has 0 saturated heterocycles. The van der Waals surface area contributed by atoms with Crippen molar-refractivity contribution in [3.05, 3.63) is 41.1 Å². The maximum atomic E-state index is 9.22. The van der Waals surface area contributed by atoms with Crippen LogP contribution in [-0.2, 0) is 0 Å². The lowest BCUT2D eigenvalue weighted by Gasteiger charge is -2.14. The minimum atomic E-state index is -0.148. The summed E-state index contributed by atoms with van der Waals surface area (Å²) in [6.45, 7) is 5.60. The van der Waals surface area contributed by atoms with Gasteiger partial charge in [-0.1, -0.05) is 0 Å². The van der Waals surface area contributed by atoms with E-state index in [4.69, 9.17) is 0 Å². The Morgan fingerprint density at radius 1 is 1.21 bits per heavy atom. The molecule has 96 valence electrons. The third kappa shape index (κ3) is 2.65. The predicted molar refractivity (Wildman–Crippen MR) is 70.3 cm³/mol. The quantitative estimate of drug-likeness (QED) is 0.900. The van der Waals surface area contributed by atoms with E-state index in [-0.39, 0.29) is 6.04 Å². The lowest BCUT2D eigenvalue weighted by Crippen LogP contribution is -2.14. The number of rotatable bonds is 3. The van der Waals surface area contributed by atoms with Gasteiger partial charge in [0.15, 0.2) is 5.82 Å². The van der Waals surface area contributed by atoms with Crippen LogP contribution in [0.25, 0.3) is 0 Å². The zero-order valence-electron chi connectivity index (χ0n) is 11.0. The van der Waals surface area contributed by atoms with Gasteiger partial charge < -0.3 is 5.32 Å². The highest BCUT2D eigenvalue weighted by Gasteiger charge is 2.14. The minimum Gasteiger partial charge on any atom is -0.358 e. The number of anilines is 1. The molecular weight excluding hydrogens is 240 g/mol. The van der Waals surface area contributed by atoms with Crippen LogP contribution in [0, 0.1) is 25.2 Å². The summed E-state index contributed by atoms with van der Waals surface area (Å²) in [5.41, 5.74) is 2.10. The first-order valence-corrected chi connectivity index (χ1v) is 5.91. The first kappa shape index (κ1) is 12.9. The Labute approximate surface area is 111 Å². The largest absolute Gasteiger partial charge is 0.358 e. The summed E-state index contributed by atoms with van der Waals surface area (Å²) in [4.78, 5) is 8.33. The van der Waals surface area contributed by atoms with E-state index in [9.17, 15) is 5.26 Å². The lowest BCUT2D eigenvalue weighted by molar-refractivity contribution is 0.774. The molecule has 0 aliphatic heterocycles. The summed E-state index contributed by atoms with van der Waals surface area (Å²) in [7, 11) is 0. The van der Waals surface area contributed by atoms with Crippen molar-refractivity contribution in [2.75, 3.05) is 5.32 Å². The topological polar surface area (TPSA) is 87.4 Å². The Balaban J connectivity index is 2.30. The van der Waals surface area contributed by atoms with Crippen LogP contribution in [0.4, 0.5) is 5.82 Å². The van der Waals surface area contributed by atoms with Crippen molar-refractivity contribution in [1.82, 2.24) is 20.2 Å². The highest BCUT2D eigenvalue weighted by Crippen LogP contribution is 2.20. The zero-order chi connectivity index (χ0) is 13.8. The highest BCUT2D eigenvalue weighted by molar-refractivity contribution is 5.56. The highest BCUT2D eigenvalue weighted by atomic mass is 15.2. The molecule has 6 nitrogen and oxygen atoms in total. The second kappa shape index (κ2) is 5.40. The fourth-order valence-electron chi connectivity index (χ4n) is 1.65. The molecule has 19 heavy (non-hydrogen) atoms. The van der Waals surface area contributed by atoms with Gasteiger partial charge >= 0.3 is 0 Å². The Morgan fingerprint density at radius 2 is 1.89 bits per heavy atom. The normalized spacial score (nSPS) is 11.7. The van der Waals surface area contributed by atoms with E-state index in [0.29, 0.717) is 17.2 Å². The molecule has 0 fully saturated rings. The number of aryl methyl sites for hydroxylation is 1. The molecule has 0 saturated carbocycles. The van der Waals surface area contributed by atoms with Gasteiger partial charge in [0.2, 0.25) is 0 Å². The molecule has 2 aromatic rings. The molecule has 0 spiro atoms. The van der Waals surface area contributed by atoms with Gasteiger partial charge in [-0.25, -0.2) is 9.97 Å². The molecule has 1 unspecified atom stereocenters. The fourth-order valence-corrected chi connectivity index (χ4v) is 1.65. The van der Waals surface area contributed by atoms with Crippen LogP contribution >= 0.6 is 0 Å². The SMILES string of the molecule is Cc1nnc(NC(C)c2ncccn2)c(C#N)c1C. The van der Waals surface area contributed by atoms with E-state index in [2.05, 4.69) is 31.6 Å². The fraction of sp³-hybridized carbons (Fsp3) is 0.308. The third-order valence-corrected chi connectivity index (χ3v) is 2.89. The van der Waals surface area contributed by atoms with Gasteiger partial charge in [-0.05, 0) is 32.4 Å². The van der Waals surface area contributed by atoms with E-state index in [0.717, 1.165) is 11.3 Å². The minimum absolute atomic E-state index is 0.148. The van der Waals surface area contributed by atoms with Crippen LogP contribution in [-0.4, -0.2) is 20.2 Å². The van der Waals surface area contributed by atoms with Gasteiger partial charge in [0.25, 0.3) is 0 Å². The van der Waals surface area contributed by atoms with Crippen molar-refractivity contribution < 1.29 is 0 Å². The van der Waals surface area contributed by atoms with Gasteiger partial charge in [-0.3, -0.25) is 0 Å². The van der Waals surface area contributed by atoms with Crippen LogP contribution in [0.1, 0.15) is 35.6 Å². The lowest BCUT2D eigenvalue weighted by atomic mass is 10.1. The van der Waals surface area contributed by atoms with E-state index in [1.807, 2.05) is 20.8 Å². The summed E-state index contributed by atoms with van der Waals surface area (Å²) >= 11 is 0. The Hall–Kier alpha value is -2.55. The Morgan fingerprint density at radius 3 is 2.53 bits per heavy atom. The first-order valence-electron chi connectivity index (χ1n) is 5.91. The van der Waals surface area contributed by atoms with E-state index in [1.165, 1.54) is 0 Å². The molecule has 1 atom stereocenters. The maximum absolute atomic E-state index is 9.22. The standard InChI is InChI=1S/C13H14N6/c1-8-9(2)18-19-13(11(8)7-14)17-10(3)12-15-5-4-6-16-12/h4-6,10H,1-3H3,(H,17,19). The predicted octanol–water partition coefficient (Wildman–Crippen LogP) is 1.93. The summed E-state index contributed by atoms with van der Waals surface area (Å²) in [6, 6.07) is 3.76. The number of hydrogen-bond acceptors (Lipinski definition) is 6. The summed E-state index contributed by atoms with van der Waals surface area (Å²) in [5, 5.41) is 20.4. The van der Waals surface area contributed by atoms with Crippen molar-refractivity contribution in [1.29, 1.82) is 5.26 Å². The van der Waals surface area contributed by atoms with Gasteiger partial charge in [0.05, 0.1) is 11.7 Å². The first-order chi connectivity index (χ1) is 9.13. The van der Waals surface area contributed by atoms with Gasteiger partial charge in [-0.15, -0.1) is 5.10 Å². The molecule has 0 aliphatic carbocycles. The summed E-state index contributed by atoms with van der Waals surface area (Å²) in [5.74, 6) is 1.11. The van der Waals surface area contributed by atoms with Gasteiger partial charge in [0, 0.05) is 12.4 Å². The second-order valence-corrected chi connectivity index (χ2v) is 4.22. The molecule has 0 amide bonds. The Kier molecular flexibility index (Phi) is 3.66. The maximum Gasteiger partial charge on any atom is 0.167 e. The van der Waals surface area contributed by atoms with E-state index < -0.39 is 0 Å². The van der Waals surface area contributed by atoms with Crippen LogP contribution in [0.3, 0.4) is 0 Å². The number of nitriles is 1. The van der Waals surface area contributed by atoms with Crippen molar-refractivity contribution >= 4 is 5.82 Å². The molecule has 0 aliphatic rings. The van der Waals surface area contributed by atoms with E-state index in [1.54, 1.807) is 18.5 Å². The average molecular weight is 254 g/mol. The molecule has 0 aromatic carbocycles. The van der Waals surface area contributed by atoms with Gasteiger partial charge in [0.1, 0.15) is 17.5 Å². The van der Waals surface area contributed by atoms with Crippen molar-refractivity contribution in [3.63, 3.8) is 0 Å². The van der Waals surface area contributed by atoms with Crippen molar-refractivity contribution in [3.8, 4) is 6.07 Å².